The van der Waals surface area contributed by atoms with Crippen LogP contribution in [-0.4, -0.2) is 0 Å². The number of aryl methyl sites for hydroxylation is 1. The summed E-state index contributed by atoms with van der Waals surface area (Å²) in [7, 11) is 0. The first-order valence-electron chi connectivity index (χ1n) is 8.17. The lowest BCUT2D eigenvalue weighted by Gasteiger charge is -2.16. The van der Waals surface area contributed by atoms with Crippen molar-refractivity contribution in [3.63, 3.8) is 0 Å². The number of hydrogen-bond acceptors (Lipinski definition) is 2. The quantitative estimate of drug-likeness (QED) is 0.386. The van der Waals surface area contributed by atoms with E-state index in [0.717, 1.165) is 31.5 Å². The molecule has 134 valence electrons. The molecule has 0 atom stereocenters. The van der Waals surface area contributed by atoms with Crippen LogP contribution < -0.4 is 10.1 Å². The van der Waals surface area contributed by atoms with Crippen LogP contribution in [0, 0.1) is 6.92 Å². The number of rotatable bonds is 6. The average Bonchev–Trinajstić information content (AvgIpc) is 2.59. The Hall–Kier alpha value is -1.49. The van der Waals surface area contributed by atoms with Gasteiger partial charge in [0.1, 0.15) is 12.4 Å². The van der Waals surface area contributed by atoms with Crippen molar-refractivity contribution in [3.05, 3.63) is 91.3 Å². The summed E-state index contributed by atoms with van der Waals surface area (Å²) in [5.41, 5.74) is 4.41. The van der Waals surface area contributed by atoms with Gasteiger partial charge in [-0.3, -0.25) is 0 Å². The molecule has 0 heterocycles. The Morgan fingerprint density at radius 1 is 1.00 bits per heavy atom. The molecule has 0 saturated carbocycles. The Bertz CT molecular complexity index is 914. The molecule has 0 amide bonds. The van der Waals surface area contributed by atoms with Gasteiger partial charge in [-0.05, 0) is 70.4 Å². The summed E-state index contributed by atoms with van der Waals surface area (Å²) in [4.78, 5) is 0. The van der Waals surface area contributed by atoms with Crippen LogP contribution in [0.3, 0.4) is 0 Å². The van der Waals surface area contributed by atoms with Gasteiger partial charge < -0.3 is 10.1 Å². The van der Waals surface area contributed by atoms with Crippen LogP contribution in [0.1, 0.15) is 16.7 Å². The van der Waals surface area contributed by atoms with Crippen LogP contribution in [0.15, 0.2) is 69.6 Å². The number of ether oxygens (including phenoxy) is 1. The number of benzene rings is 3. The minimum absolute atomic E-state index is 0.457. The fraction of sp³-hybridized carbons (Fsp3) is 0.143. The fourth-order valence-corrected chi connectivity index (χ4v) is 4.28. The predicted molar refractivity (Wildman–Crippen MR) is 116 cm³/mol. The van der Waals surface area contributed by atoms with Gasteiger partial charge >= 0.3 is 0 Å². The molecule has 3 aromatic rings. The second-order valence-electron chi connectivity index (χ2n) is 6.02. The van der Waals surface area contributed by atoms with E-state index in [9.17, 15) is 0 Å². The fourth-order valence-electron chi connectivity index (χ4n) is 2.64. The maximum Gasteiger partial charge on any atom is 0.139 e. The maximum absolute atomic E-state index is 6.11. The lowest BCUT2D eigenvalue weighted by Crippen LogP contribution is -2.05. The molecule has 0 saturated heterocycles. The Balaban J connectivity index is 1.78. The monoisotopic (exact) mass is 493 g/mol. The highest BCUT2D eigenvalue weighted by atomic mass is 79.9. The van der Waals surface area contributed by atoms with Gasteiger partial charge in [0.25, 0.3) is 0 Å². The first-order valence-corrected chi connectivity index (χ1v) is 10.1. The first kappa shape index (κ1) is 19.3. The molecule has 0 aliphatic carbocycles. The summed E-state index contributed by atoms with van der Waals surface area (Å²) in [6, 6.07) is 20.1. The second-order valence-corrected chi connectivity index (χ2v) is 8.22. The largest absolute Gasteiger partial charge is 0.487 e. The third-order valence-corrected chi connectivity index (χ3v) is 5.14. The molecule has 0 radical (unpaired) electrons. The molecule has 2 nitrogen and oxygen atoms in total. The van der Waals surface area contributed by atoms with Crippen molar-refractivity contribution in [2.45, 2.75) is 20.1 Å². The maximum atomic E-state index is 6.11. The predicted octanol–water partition coefficient (Wildman–Crippen LogP) is 7.36. The summed E-state index contributed by atoms with van der Waals surface area (Å²) < 4.78 is 8.02. The van der Waals surface area contributed by atoms with Crippen molar-refractivity contribution >= 4 is 49.1 Å². The van der Waals surface area contributed by atoms with E-state index in [0.29, 0.717) is 18.2 Å². The summed E-state index contributed by atoms with van der Waals surface area (Å²) in [5.74, 6) is 0.827. The Morgan fingerprint density at radius 2 is 1.81 bits per heavy atom. The molecule has 3 rings (SSSR count). The Labute approximate surface area is 175 Å². The molecule has 0 aliphatic rings. The molecule has 0 spiro atoms. The van der Waals surface area contributed by atoms with Crippen molar-refractivity contribution in [1.29, 1.82) is 0 Å². The van der Waals surface area contributed by atoms with Crippen LogP contribution in [0.25, 0.3) is 0 Å². The average molecular weight is 496 g/mol. The lowest BCUT2D eigenvalue weighted by molar-refractivity contribution is 0.301. The van der Waals surface area contributed by atoms with E-state index < -0.39 is 0 Å². The molecular weight excluding hydrogens is 477 g/mol. The zero-order valence-electron chi connectivity index (χ0n) is 14.2. The van der Waals surface area contributed by atoms with Crippen LogP contribution in [-0.2, 0) is 13.2 Å². The third-order valence-electron chi connectivity index (χ3n) is 3.86. The minimum Gasteiger partial charge on any atom is -0.487 e. The van der Waals surface area contributed by atoms with E-state index in [2.05, 4.69) is 68.4 Å². The zero-order chi connectivity index (χ0) is 18.5. The Kier molecular flexibility index (Phi) is 6.63. The number of hydrogen-bond donors (Lipinski definition) is 1. The van der Waals surface area contributed by atoms with Crippen LogP contribution in [0.4, 0.5) is 5.69 Å². The summed E-state index contributed by atoms with van der Waals surface area (Å²) in [5, 5.41) is 4.17. The molecule has 0 aliphatic heterocycles. The van der Waals surface area contributed by atoms with Gasteiger partial charge in [0.2, 0.25) is 0 Å². The Morgan fingerprint density at radius 3 is 2.58 bits per heavy atom. The molecule has 26 heavy (non-hydrogen) atoms. The van der Waals surface area contributed by atoms with E-state index >= 15 is 0 Å². The topological polar surface area (TPSA) is 21.3 Å². The van der Waals surface area contributed by atoms with Crippen molar-refractivity contribution in [2.75, 3.05) is 5.32 Å². The highest BCUT2D eigenvalue weighted by Gasteiger charge is 2.11. The number of anilines is 1. The van der Waals surface area contributed by atoms with Gasteiger partial charge in [0.15, 0.2) is 0 Å². The van der Waals surface area contributed by atoms with Gasteiger partial charge in [0.05, 0.1) is 4.47 Å². The molecule has 5 heteroatoms. The molecule has 0 aromatic heterocycles. The van der Waals surface area contributed by atoms with Gasteiger partial charge in [-0.25, -0.2) is 0 Å². The number of nitrogens with one attached hydrogen (secondary N) is 1. The molecule has 3 aromatic carbocycles. The van der Waals surface area contributed by atoms with Crippen molar-refractivity contribution < 1.29 is 4.74 Å². The SMILES string of the molecule is Cc1cccc(NCc2cc(Br)cc(Br)c2OCc2cccc(Cl)c2)c1. The minimum atomic E-state index is 0.457. The van der Waals surface area contributed by atoms with Crippen LogP contribution in [0.2, 0.25) is 5.02 Å². The van der Waals surface area contributed by atoms with Crippen molar-refractivity contribution in [3.8, 4) is 5.75 Å². The summed E-state index contributed by atoms with van der Waals surface area (Å²) in [6.45, 7) is 3.20. The van der Waals surface area contributed by atoms with E-state index in [4.69, 9.17) is 16.3 Å². The second kappa shape index (κ2) is 8.94. The summed E-state index contributed by atoms with van der Waals surface area (Å²) in [6.07, 6.45) is 0. The molecule has 1 N–H and O–H groups in total. The molecule has 0 fully saturated rings. The van der Waals surface area contributed by atoms with Crippen LogP contribution >= 0.6 is 43.5 Å². The normalized spacial score (nSPS) is 10.6. The van der Waals surface area contributed by atoms with E-state index in [1.54, 1.807) is 0 Å². The van der Waals surface area contributed by atoms with E-state index in [1.807, 2.05) is 36.4 Å². The number of halogens is 3. The molecular formula is C21H18Br2ClNO. The van der Waals surface area contributed by atoms with Gasteiger partial charge in [-0.2, -0.15) is 0 Å². The zero-order valence-corrected chi connectivity index (χ0v) is 18.2. The first-order chi connectivity index (χ1) is 12.5. The molecule has 0 bridgehead atoms. The van der Waals surface area contributed by atoms with Gasteiger partial charge in [0, 0.05) is 27.3 Å². The highest BCUT2D eigenvalue weighted by molar-refractivity contribution is 9.11. The standard InChI is InChI=1S/C21H18Br2ClNO/c1-14-4-2-7-19(8-14)25-12-16-10-17(22)11-20(23)21(16)26-13-15-5-3-6-18(24)9-15/h2-11,25H,12-13H2,1H3. The van der Waals surface area contributed by atoms with Crippen molar-refractivity contribution in [2.24, 2.45) is 0 Å². The highest BCUT2D eigenvalue weighted by Crippen LogP contribution is 2.34. The van der Waals surface area contributed by atoms with Crippen molar-refractivity contribution in [1.82, 2.24) is 0 Å². The summed E-state index contributed by atoms with van der Waals surface area (Å²) >= 11 is 13.2. The van der Waals surface area contributed by atoms with E-state index in [1.165, 1.54) is 5.56 Å². The third kappa shape index (κ3) is 5.26. The van der Waals surface area contributed by atoms with Gasteiger partial charge in [-0.15, -0.1) is 0 Å². The van der Waals surface area contributed by atoms with E-state index in [-0.39, 0.29) is 0 Å². The van der Waals surface area contributed by atoms with Gasteiger partial charge in [-0.1, -0.05) is 51.8 Å². The molecule has 0 unspecified atom stereocenters. The smallest absolute Gasteiger partial charge is 0.139 e. The lowest BCUT2D eigenvalue weighted by atomic mass is 10.1. The van der Waals surface area contributed by atoms with Crippen LogP contribution in [0.5, 0.6) is 5.75 Å².